The standard InChI is InChI=1S/C27H31NO7/c1-6-32-22-9-8-18(11-24(22)33-7-2)27(31)28-14-26(30)34-15-19-12-25(29)35-23-10-17(5)20(16(3)4)13-21(19)23/h8-13,16H,6-7,14-15H2,1-5H3,(H,28,31). The fourth-order valence-corrected chi connectivity index (χ4v) is 3.79. The van der Waals surface area contributed by atoms with Crippen LogP contribution in [0.5, 0.6) is 11.5 Å². The second-order valence-electron chi connectivity index (χ2n) is 8.32. The Morgan fingerprint density at radius 1 is 1.00 bits per heavy atom. The fraction of sp³-hybridized carbons (Fsp3) is 0.370. The number of nitrogens with one attached hydrogen (secondary N) is 1. The lowest BCUT2D eigenvalue weighted by molar-refractivity contribution is -0.143. The van der Waals surface area contributed by atoms with Gasteiger partial charge in [0.25, 0.3) is 5.91 Å². The van der Waals surface area contributed by atoms with E-state index in [0.29, 0.717) is 46.8 Å². The number of aryl methyl sites for hydroxylation is 1. The van der Waals surface area contributed by atoms with Crippen molar-refractivity contribution in [3.8, 4) is 11.5 Å². The Morgan fingerprint density at radius 3 is 2.40 bits per heavy atom. The lowest BCUT2D eigenvalue weighted by Crippen LogP contribution is -2.30. The third-order valence-corrected chi connectivity index (χ3v) is 5.43. The van der Waals surface area contributed by atoms with Crippen LogP contribution < -0.4 is 20.4 Å². The van der Waals surface area contributed by atoms with Gasteiger partial charge in [0.2, 0.25) is 0 Å². The molecule has 0 spiro atoms. The first-order valence-electron chi connectivity index (χ1n) is 11.6. The maximum atomic E-state index is 12.5. The molecule has 1 amide bonds. The molecule has 1 heterocycles. The molecule has 3 aromatic rings. The van der Waals surface area contributed by atoms with Gasteiger partial charge in [0.15, 0.2) is 11.5 Å². The van der Waals surface area contributed by atoms with Gasteiger partial charge in [-0.05, 0) is 68.1 Å². The summed E-state index contributed by atoms with van der Waals surface area (Å²) >= 11 is 0. The van der Waals surface area contributed by atoms with Gasteiger partial charge in [0, 0.05) is 22.6 Å². The highest BCUT2D eigenvalue weighted by Gasteiger charge is 2.15. The van der Waals surface area contributed by atoms with Crippen molar-refractivity contribution in [2.75, 3.05) is 19.8 Å². The molecule has 0 aliphatic heterocycles. The van der Waals surface area contributed by atoms with Crippen LogP contribution in [0.15, 0.2) is 45.6 Å². The number of fused-ring (bicyclic) bond motifs is 1. The number of benzene rings is 2. The Bertz CT molecular complexity index is 1280. The molecule has 0 fully saturated rings. The minimum Gasteiger partial charge on any atom is -0.490 e. The molecule has 8 nitrogen and oxygen atoms in total. The molecule has 1 N–H and O–H groups in total. The lowest BCUT2D eigenvalue weighted by atomic mass is 9.95. The average Bonchev–Trinajstić information content (AvgIpc) is 2.81. The second-order valence-corrected chi connectivity index (χ2v) is 8.32. The highest BCUT2D eigenvalue weighted by molar-refractivity contribution is 5.96. The van der Waals surface area contributed by atoms with Gasteiger partial charge >= 0.3 is 11.6 Å². The predicted molar refractivity (Wildman–Crippen MR) is 132 cm³/mol. The molecule has 0 saturated carbocycles. The van der Waals surface area contributed by atoms with E-state index in [2.05, 4.69) is 19.2 Å². The minimum atomic E-state index is -0.632. The first-order chi connectivity index (χ1) is 16.7. The van der Waals surface area contributed by atoms with E-state index >= 15 is 0 Å². The second kappa shape index (κ2) is 11.6. The summed E-state index contributed by atoms with van der Waals surface area (Å²) in [5, 5.41) is 3.26. The molecule has 0 aliphatic rings. The zero-order valence-corrected chi connectivity index (χ0v) is 20.7. The Hall–Kier alpha value is -3.81. The van der Waals surface area contributed by atoms with Crippen molar-refractivity contribution in [2.24, 2.45) is 0 Å². The van der Waals surface area contributed by atoms with Crippen LogP contribution in [0.4, 0.5) is 0 Å². The van der Waals surface area contributed by atoms with Crippen LogP contribution in [-0.2, 0) is 16.1 Å². The van der Waals surface area contributed by atoms with Crippen LogP contribution in [0.1, 0.15) is 60.7 Å². The van der Waals surface area contributed by atoms with Crippen molar-refractivity contribution in [3.05, 3.63) is 69.1 Å². The maximum absolute atomic E-state index is 12.5. The summed E-state index contributed by atoms with van der Waals surface area (Å²) in [4.78, 5) is 36.9. The van der Waals surface area contributed by atoms with E-state index in [-0.39, 0.29) is 19.1 Å². The number of esters is 1. The third kappa shape index (κ3) is 6.41. The number of carbonyl (C=O) groups is 2. The van der Waals surface area contributed by atoms with Gasteiger partial charge in [-0.15, -0.1) is 0 Å². The van der Waals surface area contributed by atoms with Gasteiger partial charge in [0.05, 0.1) is 13.2 Å². The number of hydrogen-bond acceptors (Lipinski definition) is 7. The number of ether oxygens (including phenoxy) is 3. The molecule has 0 radical (unpaired) electrons. The van der Waals surface area contributed by atoms with E-state index in [9.17, 15) is 14.4 Å². The highest BCUT2D eigenvalue weighted by atomic mass is 16.5. The molecule has 8 heteroatoms. The highest BCUT2D eigenvalue weighted by Crippen LogP contribution is 2.29. The monoisotopic (exact) mass is 481 g/mol. The Balaban J connectivity index is 1.67. The van der Waals surface area contributed by atoms with Crippen LogP contribution in [-0.4, -0.2) is 31.6 Å². The first-order valence-corrected chi connectivity index (χ1v) is 11.6. The Labute approximate surface area is 204 Å². The first kappa shape index (κ1) is 25.8. The largest absolute Gasteiger partial charge is 0.490 e. The summed E-state index contributed by atoms with van der Waals surface area (Å²) in [6.45, 7) is 10.3. The molecule has 0 saturated heterocycles. The normalized spacial score (nSPS) is 10.9. The van der Waals surface area contributed by atoms with E-state index in [4.69, 9.17) is 18.6 Å². The van der Waals surface area contributed by atoms with E-state index < -0.39 is 17.5 Å². The summed E-state index contributed by atoms with van der Waals surface area (Å²) < 4.78 is 21.7. The molecule has 0 unspecified atom stereocenters. The van der Waals surface area contributed by atoms with E-state index in [0.717, 1.165) is 11.1 Å². The smallest absolute Gasteiger partial charge is 0.336 e. The Kier molecular flexibility index (Phi) is 8.52. The van der Waals surface area contributed by atoms with Crippen LogP contribution in [0.3, 0.4) is 0 Å². The van der Waals surface area contributed by atoms with E-state index in [1.807, 2.05) is 32.9 Å². The molecule has 186 valence electrons. The summed E-state index contributed by atoms with van der Waals surface area (Å²) in [5.41, 5.74) is 2.94. The topological polar surface area (TPSA) is 104 Å². The molecule has 0 bridgehead atoms. The predicted octanol–water partition coefficient (Wildman–Crippen LogP) is 4.50. The average molecular weight is 482 g/mol. The fourth-order valence-electron chi connectivity index (χ4n) is 3.79. The number of amides is 1. The van der Waals surface area contributed by atoms with Crippen molar-refractivity contribution in [3.63, 3.8) is 0 Å². The van der Waals surface area contributed by atoms with Crippen molar-refractivity contribution < 1.29 is 28.2 Å². The van der Waals surface area contributed by atoms with Gasteiger partial charge in [-0.25, -0.2) is 4.79 Å². The zero-order chi connectivity index (χ0) is 25.5. The molecule has 0 atom stereocenters. The molecular weight excluding hydrogens is 450 g/mol. The van der Waals surface area contributed by atoms with E-state index in [1.54, 1.807) is 18.2 Å². The molecular formula is C27H31NO7. The molecule has 3 rings (SSSR count). The van der Waals surface area contributed by atoms with Crippen LogP contribution in [0, 0.1) is 6.92 Å². The van der Waals surface area contributed by atoms with Gasteiger partial charge in [-0.1, -0.05) is 13.8 Å². The van der Waals surface area contributed by atoms with E-state index in [1.165, 1.54) is 6.07 Å². The lowest BCUT2D eigenvalue weighted by Gasteiger charge is -2.13. The summed E-state index contributed by atoms with van der Waals surface area (Å²) in [7, 11) is 0. The molecule has 35 heavy (non-hydrogen) atoms. The van der Waals surface area contributed by atoms with Crippen LogP contribution in [0.25, 0.3) is 11.0 Å². The van der Waals surface area contributed by atoms with Crippen LogP contribution in [0.2, 0.25) is 0 Å². The summed E-state index contributed by atoms with van der Waals surface area (Å²) in [6.07, 6.45) is 0. The SMILES string of the molecule is CCOc1ccc(C(=O)NCC(=O)OCc2cc(=O)oc3cc(C)c(C(C)C)cc23)cc1OCC. The Morgan fingerprint density at radius 2 is 1.71 bits per heavy atom. The van der Waals surface area contributed by atoms with Crippen molar-refractivity contribution >= 4 is 22.8 Å². The minimum absolute atomic E-state index is 0.116. The van der Waals surface area contributed by atoms with Gasteiger partial charge in [-0.3, -0.25) is 9.59 Å². The van der Waals surface area contributed by atoms with Crippen LogP contribution >= 0.6 is 0 Å². The van der Waals surface area contributed by atoms with Gasteiger partial charge in [-0.2, -0.15) is 0 Å². The summed E-state index contributed by atoms with van der Waals surface area (Å²) in [5.74, 6) is 0.194. The number of carbonyl (C=O) groups excluding carboxylic acids is 2. The molecule has 1 aromatic heterocycles. The number of rotatable bonds is 10. The van der Waals surface area contributed by atoms with Crippen molar-refractivity contribution in [2.45, 2.75) is 47.1 Å². The summed E-state index contributed by atoms with van der Waals surface area (Å²) in [6, 6.07) is 9.93. The van der Waals surface area contributed by atoms with Crippen molar-refractivity contribution in [1.82, 2.24) is 5.32 Å². The molecule has 2 aromatic carbocycles. The zero-order valence-electron chi connectivity index (χ0n) is 20.7. The quantitative estimate of drug-likeness (QED) is 0.336. The van der Waals surface area contributed by atoms with Gasteiger partial charge in [0.1, 0.15) is 18.7 Å². The maximum Gasteiger partial charge on any atom is 0.336 e. The van der Waals surface area contributed by atoms with Crippen molar-refractivity contribution in [1.29, 1.82) is 0 Å². The van der Waals surface area contributed by atoms with Gasteiger partial charge < -0.3 is 23.9 Å². The third-order valence-electron chi connectivity index (χ3n) is 5.43. The number of hydrogen-bond donors (Lipinski definition) is 1. The molecule has 0 aliphatic carbocycles.